The third kappa shape index (κ3) is 4.71. The molecule has 0 radical (unpaired) electrons. The minimum Gasteiger partial charge on any atom is -0.508 e. The first-order chi connectivity index (χ1) is 11.9. The number of allylic oxidation sites excluding steroid dienone is 4. The van der Waals surface area contributed by atoms with Crippen molar-refractivity contribution in [2.45, 2.75) is 66.1 Å². The fraction of sp³-hybridized carbons (Fsp3) is 0.619. The molecule has 0 aromatic heterocycles. The van der Waals surface area contributed by atoms with Crippen LogP contribution < -0.4 is 0 Å². The lowest BCUT2D eigenvalue weighted by Gasteiger charge is -2.32. The van der Waals surface area contributed by atoms with Crippen molar-refractivity contribution in [1.29, 1.82) is 0 Å². The van der Waals surface area contributed by atoms with E-state index in [1.165, 1.54) is 6.08 Å². The SMILES string of the molecule is CC(C)=CCC1C(=O)C(C(=O)CC(C)C)=C(O)C1(O)C(O)/C=C/C(C)C. The van der Waals surface area contributed by atoms with Crippen molar-refractivity contribution in [2.24, 2.45) is 17.8 Å². The minimum atomic E-state index is -2.20. The first-order valence-corrected chi connectivity index (χ1v) is 9.16. The Morgan fingerprint density at radius 2 is 1.77 bits per heavy atom. The highest BCUT2D eigenvalue weighted by Crippen LogP contribution is 2.43. The van der Waals surface area contributed by atoms with Gasteiger partial charge in [-0.05, 0) is 32.1 Å². The van der Waals surface area contributed by atoms with E-state index >= 15 is 0 Å². The summed E-state index contributed by atoms with van der Waals surface area (Å²) in [5.41, 5.74) is -1.63. The first kappa shape index (κ1) is 22.3. The molecule has 0 bridgehead atoms. The van der Waals surface area contributed by atoms with E-state index in [1.54, 1.807) is 12.2 Å². The van der Waals surface area contributed by atoms with Crippen LogP contribution in [0.5, 0.6) is 0 Å². The number of hydrogen-bond acceptors (Lipinski definition) is 5. The normalized spacial score (nSPS) is 24.8. The van der Waals surface area contributed by atoms with Gasteiger partial charge < -0.3 is 15.3 Å². The molecular weight excluding hydrogens is 332 g/mol. The molecule has 26 heavy (non-hydrogen) atoms. The van der Waals surface area contributed by atoms with Gasteiger partial charge in [-0.15, -0.1) is 0 Å². The molecule has 0 aromatic carbocycles. The van der Waals surface area contributed by atoms with E-state index in [9.17, 15) is 24.9 Å². The minimum absolute atomic E-state index is 0.00582. The van der Waals surface area contributed by atoms with Crippen LogP contribution in [0.15, 0.2) is 35.1 Å². The van der Waals surface area contributed by atoms with E-state index in [0.29, 0.717) is 0 Å². The largest absolute Gasteiger partial charge is 0.508 e. The van der Waals surface area contributed by atoms with Crippen molar-refractivity contribution in [3.63, 3.8) is 0 Å². The lowest BCUT2D eigenvalue weighted by Crippen LogP contribution is -2.48. The van der Waals surface area contributed by atoms with Crippen molar-refractivity contribution < 1.29 is 24.9 Å². The van der Waals surface area contributed by atoms with Crippen molar-refractivity contribution in [3.8, 4) is 0 Å². The van der Waals surface area contributed by atoms with Gasteiger partial charge in [-0.1, -0.05) is 51.5 Å². The molecule has 1 aliphatic carbocycles. The molecule has 0 amide bonds. The quantitative estimate of drug-likeness (QED) is 0.454. The number of carbonyl (C=O) groups is 2. The van der Waals surface area contributed by atoms with Crippen LogP contribution in [0.3, 0.4) is 0 Å². The molecule has 3 atom stereocenters. The number of hydrogen-bond donors (Lipinski definition) is 3. The second-order valence-electron chi connectivity index (χ2n) is 8.08. The lowest BCUT2D eigenvalue weighted by atomic mass is 9.81. The van der Waals surface area contributed by atoms with Gasteiger partial charge in [0.2, 0.25) is 0 Å². The fourth-order valence-corrected chi connectivity index (χ4v) is 3.06. The number of aliphatic hydroxyl groups excluding tert-OH is 2. The van der Waals surface area contributed by atoms with Gasteiger partial charge in [-0.25, -0.2) is 0 Å². The monoisotopic (exact) mass is 364 g/mol. The standard InChI is InChI=1S/C21H32O5/c1-12(2)7-9-15-19(24)18(16(22)11-14(5)6)20(25)21(15,26)17(23)10-8-13(3)4/h7-8,10,13-15,17,23,25-26H,9,11H2,1-6H3/b10-8+. The maximum Gasteiger partial charge on any atom is 0.176 e. The summed E-state index contributed by atoms with van der Waals surface area (Å²) >= 11 is 0. The average molecular weight is 364 g/mol. The topological polar surface area (TPSA) is 94.8 Å². The van der Waals surface area contributed by atoms with Crippen LogP contribution in [0, 0.1) is 17.8 Å². The van der Waals surface area contributed by atoms with E-state index in [1.807, 2.05) is 41.5 Å². The number of aliphatic hydroxyl groups is 3. The zero-order chi connectivity index (χ0) is 20.2. The average Bonchev–Trinajstić information content (AvgIpc) is 2.69. The summed E-state index contributed by atoms with van der Waals surface area (Å²) in [6.07, 6.45) is 3.55. The van der Waals surface area contributed by atoms with Crippen LogP contribution >= 0.6 is 0 Å². The highest BCUT2D eigenvalue weighted by atomic mass is 16.4. The van der Waals surface area contributed by atoms with Gasteiger partial charge in [0, 0.05) is 6.42 Å². The maximum absolute atomic E-state index is 12.8. The highest BCUT2D eigenvalue weighted by molar-refractivity contribution is 6.23. The van der Waals surface area contributed by atoms with Gasteiger partial charge in [0.15, 0.2) is 17.2 Å². The van der Waals surface area contributed by atoms with Crippen LogP contribution in [0.2, 0.25) is 0 Å². The van der Waals surface area contributed by atoms with Gasteiger partial charge in [0.1, 0.15) is 17.4 Å². The molecule has 0 fully saturated rings. The number of ketones is 2. The number of Topliss-reactive ketones (excluding diaryl/α,β-unsaturated/α-hetero) is 2. The molecule has 0 saturated heterocycles. The summed E-state index contributed by atoms with van der Waals surface area (Å²) in [5, 5.41) is 32.3. The van der Waals surface area contributed by atoms with Gasteiger partial charge in [-0.3, -0.25) is 9.59 Å². The zero-order valence-electron chi connectivity index (χ0n) is 16.6. The molecule has 1 aliphatic rings. The Morgan fingerprint density at radius 1 is 1.19 bits per heavy atom. The number of rotatable bonds is 8. The Morgan fingerprint density at radius 3 is 2.23 bits per heavy atom. The van der Waals surface area contributed by atoms with E-state index in [4.69, 9.17) is 0 Å². The second kappa shape index (κ2) is 8.78. The lowest BCUT2D eigenvalue weighted by molar-refractivity contribution is -0.131. The third-order valence-corrected chi connectivity index (χ3v) is 4.47. The summed E-state index contributed by atoms with van der Waals surface area (Å²) in [4.78, 5) is 25.3. The molecule has 5 heteroatoms. The molecule has 1 rings (SSSR count). The molecule has 3 N–H and O–H groups in total. The Balaban J connectivity index is 3.40. The molecule has 5 nitrogen and oxygen atoms in total. The van der Waals surface area contributed by atoms with Crippen molar-refractivity contribution in [3.05, 3.63) is 35.1 Å². The molecule has 0 aliphatic heterocycles. The van der Waals surface area contributed by atoms with Crippen molar-refractivity contribution >= 4 is 11.6 Å². The molecular formula is C21H32O5. The third-order valence-electron chi connectivity index (χ3n) is 4.47. The van der Waals surface area contributed by atoms with Crippen molar-refractivity contribution in [1.82, 2.24) is 0 Å². The summed E-state index contributed by atoms with van der Waals surface area (Å²) in [7, 11) is 0. The molecule has 0 saturated carbocycles. The summed E-state index contributed by atoms with van der Waals surface area (Å²) in [5.74, 6) is -2.79. The van der Waals surface area contributed by atoms with Crippen LogP contribution in [0.25, 0.3) is 0 Å². The van der Waals surface area contributed by atoms with Gasteiger partial charge in [-0.2, -0.15) is 0 Å². The molecule has 0 aromatic rings. The molecule has 146 valence electrons. The first-order valence-electron chi connectivity index (χ1n) is 9.16. The van der Waals surface area contributed by atoms with Crippen LogP contribution in [-0.4, -0.2) is 38.6 Å². The van der Waals surface area contributed by atoms with Gasteiger partial charge >= 0.3 is 0 Å². The van der Waals surface area contributed by atoms with Crippen LogP contribution in [-0.2, 0) is 9.59 Å². The fourth-order valence-electron chi connectivity index (χ4n) is 3.06. The predicted octanol–water partition coefficient (Wildman–Crippen LogP) is 3.27. The predicted molar refractivity (Wildman–Crippen MR) is 102 cm³/mol. The molecule has 0 heterocycles. The molecule has 3 unspecified atom stereocenters. The van der Waals surface area contributed by atoms with Crippen molar-refractivity contribution in [2.75, 3.05) is 0 Å². The molecule has 0 spiro atoms. The number of carbonyl (C=O) groups excluding carboxylic acids is 2. The summed E-state index contributed by atoms with van der Waals surface area (Å²) in [6.45, 7) is 11.2. The Hall–Kier alpha value is -1.72. The van der Waals surface area contributed by atoms with E-state index in [-0.39, 0.29) is 30.3 Å². The highest BCUT2D eigenvalue weighted by Gasteiger charge is 2.57. The smallest absolute Gasteiger partial charge is 0.176 e. The second-order valence-corrected chi connectivity index (χ2v) is 8.08. The Bertz CT molecular complexity index is 635. The summed E-state index contributed by atoms with van der Waals surface area (Å²) < 4.78 is 0. The Labute approximate surface area is 156 Å². The summed E-state index contributed by atoms with van der Waals surface area (Å²) in [6, 6.07) is 0. The maximum atomic E-state index is 12.8. The van der Waals surface area contributed by atoms with E-state index in [2.05, 4.69) is 0 Å². The van der Waals surface area contributed by atoms with Crippen LogP contribution in [0.4, 0.5) is 0 Å². The Kier molecular flexibility index (Phi) is 7.54. The van der Waals surface area contributed by atoms with Crippen LogP contribution in [0.1, 0.15) is 54.4 Å². The van der Waals surface area contributed by atoms with E-state index < -0.39 is 34.9 Å². The van der Waals surface area contributed by atoms with E-state index in [0.717, 1.165) is 5.57 Å². The van der Waals surface area contributed by atoms with Gasteiger partial charge in [0.05, 0.1) is 5.92 Å². The zero-order valence-corrected chi connectivity index (χ0v) is 16.6. The van der Waals surface area contributed by atoms with Gasteiger partial charge in [0.25, 0.3) is 0 Å².